The van der Waals surface area contributed by atoms with Crippen LogP contribution >= 0.6 is 11.3 Å². The molecule has 1 saturated heterocycles. The largest absolute Gasteiger partial charge is 0.355 e. The maximum absolute atomic E-state index is 13.2. The minimum absolute atomic E-state index is 0.00210. The zero-order valence-electron chi connectivity index (χ0n) is 18.0. The highest BCUT2D eigenvalue weighted by Crippen LogP contribution is 2.28. The first-order chi connectivity index (χ1) is 15.7. The van der Waals surface area contributed by atoms with E-state index in [1.165, 1.54) is 5.56 Å². The smallest absolute Gasteiger partial charge is 0.224 e. The maximum atomic E-state index is 13.2. The molecular formula is C24H26N6OS. The SMILES string of the molecule is CCc1ccc([C@H](NC(=O)C2CCN(c3ccc4nncn4n3)CC2)c2cccs2)cc1. The molecule has 0 saturated carbocycles. The molecule has 0 radical (unpaired) electrons. The van der Waals surface area contributed by atoms with E-state index in [0.29, 0.717) is 0 Å². The van der Waals surface area contributed by atoms with Crippen LogP contribution in [0.1, 0.15) is 41.8 Å². The fourth-order valence-electron chi connectivity index (χ4n) is 4.24. The number of aromatic nitrogens is 4. The number of aryl methyl sites for hydroxylation is 1. The van der Waals surface area contributed by atoms with Gasteiger partial charge in [0.1, 0.15) is 12.1 Å². The van der Waals surface area contributed by atoms with Crippen LogP contribution in [-0.2, 0) is 11.2 Å². The molecule has 0 aliphatic carbocycles. The summed E-state index contributed by atoms with van der Waals surface area (Å²) < 4.78 is 1.68. The predicted octanol–water partition coefficient (Wildman–Crippen LogP) is 3.87. The van der Waals surface area contributed by atoms with Gasteiger partial charge in [0.05, 0.1) is 6.04 Å². The maximum Gasteiger partial charge on any atom is 0.224 e. The van der Waals surface area contributed by atoms with Crippen molar-refractivity contribution in [3.63, 3.8) is 0 Å². The van der Waals surface area contributed by atoms with Crippen molar-refractivity contribution in [2.45, 2.75) is 32.2 Å². The Balaban J connectivity index is 1.26. The standard InChI is InChI=1S/C24H26N6OS/c1-2-17-5-7-18(8-6-17)23(20-4-3-15-32-20)26-24(31)19-11-13-29(14-12-19)22-10-9-21-27-25-16-30(21)28-22/h3-10,15-16,19,23H,2,11-14H2,1H3,(H,26,31)/t23-/m0/s1. The fraction of sp³-hybridized carbons (Fsp3) is 0.333. The zero-order chi connectivity index (χ0) is 21.9. The molecule has 1 atom stereocenters. The molecule has 1 aromatic carbocycles. The summed E-state index contributed by atoms with van der Waals surface area (Å²) >= 11 is 1.68. The van der Waals surface area contributed by atoms with Gasteiger partial charge in [0.15, 0.2) is 5.65 Å². The van der Waals surface area contributed by atoms with E-state index in [1.807, 2.05) is 18.2 Å². The van der Waals surface area contributed by atoms with Crippen molar-refractivity contribution in [2.75, 3.05) is 18.0 Å². The summed E-state index contributed by atoms with van der Waals surface area (Å²) in [6.07, 6.45) is 4.23. The van der Waals surface area contributed by atoms with E-state index in [-0.39, 0.29) is 17.9 Å². The molecule has 4 heterocycles. The monoisotopic (exact) mass is 446 g/mol. The Morgan fingerprint density at radius 1 is 1.16 bits per heavy atom. The Labute approximate surface area is 191 Å². The van der Waals surface area contributed by atoms with Crippen LogP contribution in [0.3, 0.4) is 0 Å². The second-order valence-corrected chi connectivity index (χ2v) is 9.12. The number of thiophene rings is 1. The third-order valence-electron chi connectivity index (χ3n) is 6.17. The molecule has 1 aliphatic heterocycles. The van der Waals surface area contributed by atoms with Gasteiger partial charge in [-0.2, -0.15) is 4.52 Å². The summed E-state index contributed by atoms with van der Waals surface area (Å²) in [6.45, 7) is 3.75. The lowest BCUT2D eigenvalue weighted by Crippen LogP contribution is -2.42. The lowest BCUT2D eigenvalue weighted by atomic mass is 9.94. The van der Waals surface area contributed by atoms with Gasteiger partial charge in [-0.05, 0) is 54.0 Å². The Kier molecular flexibility index (Phi) is 5.85. The minimum atomic E-state index is -0.107. The van der Waals surface area contributed by atoms with Crippen molar-refractivity contribution in [1.29, 1.82) is 0 Å². The Hall–Kier alpha value is -3.26. The summed E-state index contributed by atoms with van der Waals surface area (Å²) in [5.41, 5.74) is 3.16. The topological polar surface area (TPSA) is 75.4 Å². The first-order valence-electron chi connectivity index (χ1n) is 11.1. The number of carbonyl (C=O) groups is 1. The highest BCUT2D eigenvalue weighted by Gasteiger charge is 2.28. The summed E-state index contributed by atoms with van der Waals surface area (Å²) in [5.74, 6) is 1.02. The van der Waals surface area contributed by atoms with Crippen LogP contribution in [-0.4, -0.2) is 38.8 Å². The van der Waals surface area contributed by atoms with Gasteiger partial charge in [0, 0.05) is 23.9 Å². The van der Waals surface area contributed by atoms with Crippen molar-refractivity contribution in [1.82, 2.24) is 25.1 Å². The molecule has 3 aromatic heterocycles. The third kappa shape index (κ3) is 4.23. The van der Waals surface area contributed by atoms with E-state index < -0.39 is 0 Å². The number of hydrogen-bond acceptors (Lipinski definition) is 6. The number of nitrogens with zero attached hydrogens (tertiary/aromatic N) is 5. The molecule has 4 aromatic rings. The van der Waals surface area contributed by atoms with Crippen LogP contribution in [0.15, 0.2) is 60.2 Å². The Morgan fingerprint density at radius 2 is 1.97 bits per heavy atom. The van der Waals surface area contributed by atoms with Gasteiger partial charge in [0.25, 0.3) is 0 Å². The molecule has 1 aliphatic rings. The highest BCUT2D eigenvalue weighted by atomic mass is 32.1. The normalized spacial score (nSPS) is 15.7. The first kappa shape index (κ1) is 20.6. The molecule has 0 bridgehead atoms. The Bertz CT molecular complexity index is 1180. The average Bonchev–Trinajstić information content (AvgIpc) is 3.54. The quantitative estimate of drug-likeness (QED) is 0.487. The van der Waals surface area contributed by atoms with E-state index in [0.717, 1.165) is 54.3 Å². The second-order valence-electron chi connectivity index (χ2n) is 8.14. The number of piperidine rings is 1. The Morgan fingerprint density at radius 3 is 2.69 bits per heavy atom. The van der Waals surface area contributed by atoms with Gasteiger partial charge in [0.2, 0.25) is 5.91 Å². The molecule has 1 amide bonds. The molecule has 32 heavy (non-hydrogen) atoms. The molecule has 0 spiro atoms. The predicted molar refractivity (Wildman–Crippen MR) is 126 cm³/mol. The van der Waals surface area contributed by atoms with Gasteiger partial charge in [-0.15, -0.1) is 26.6 Å². The minimum Gasteiger partial charge on any atom is -0.355 e. The number of anilines is 1. The second kappa shape index (κ2) is 9.08. The molecule has 1 fully saturated rings. The van der Waals surface area contributed by atoms with Crippen molar-refractivity contribution < 1.29 is 4.79 Å². The summed E-state index contributed by atoms with van der Waals surface area (Å²) in [5, 5.41) is 17.9. The lowest BCUT2D eigenvalue weighted by molar-refractivity contribution is -0.126. The number of hydrogen-bond donors (Lipinski definition) is 1. The average molecular weight is 447 g/mol. The van der Waals surface area contributed by atoms with Gasteiger partial charge in [-0.3, -0.25) is 4.79 Å². The summed E-state index contributed by atoms with van der Waals surface area (Å²) in [4.78, 5) is 16.6. The van der Waals surface area contributed by atoms with Gasteiger partial charge in [-0.1, -0.05) is 37.3 Å². The number of nitrogens with one attached hydrogen (secondary N) is 1. The summed E-state index contributed by atoms with van der Waals surface area (Å²) in [7, 11) is 0. The molecule has 0 unspecified atom stereocenters. The number of amides is 1. The number of fused-ring (bicyclic) bond motifs is 1. The molecule has 164 valence electrons. The van der Waals surface area contributed by atoms with E-state index >= 15 is 0 Å². The first-order valence-corrected chi connectivity index (χ1v) is 11.9. The van der Waals surface area contributed by atoms with E-state index in [4.69, 9.17) is 0 Å². The van der Waals surface area contributed by atoms with Crippen molar-refractivity contribution in [3.8, 4) is 0 Å². The van der Waals surface area contributed by atoms with Crippen LogP contribution in [0.25, 0.3) is 5.65 Å². The van der Waals surface area contributed by atoms with Gasteiger partial charge < -0.3 is 10.2 Å². The summed E-state index contributed by atoms with van der Waals surface area (Å²) in [6, 6.07) is 16.5. The van der Waals surface area contributed by atoms with Crippen molar-refractivity contribution in [3.05, 3.63) is 76.2 Å². The lowest BCUT2D eigenvalue weighted by Gasteiger charge is -2.32. The van der Waals surface area contributed by atoms with Crippen molar-refractivity contribution in [2.24, 2.45) is 5.92 Å². The van der Waals surface area contributed by atoms with Crippen LogP contribution in [0.5, 0.6) is 0 Å². The molecule has 8 heteroatoms. The van der Waals surface area contributed by atoms with E-state index in [9.17, 15) is 4.79 Å². The number of rotatable bonds is 6. The van der Waals surface area contributed by atoms with Crippen LogP contribution < -0.4 is 10.2 Å². The van der Waals surface area contributed by atoms with Crippen LogP contribution in [0.2, 0.25) is 0 Å². The van der Waals surface area contributed by atoms with Crippen LogP contribution in [0.4, 0.5) is 5.82 Å². The number of benzene rings is 1. The zero-order valence-corrected chi connectivity index (χ0v) is 18.8. The van der Waals surface area contributed by atoms with Crippen LogP contribution in [0, 0.1) is 5.92 Å². The molecule has 7 nitrogen and oxygen atoms in total. The van der Waals surface area contributed by atoms with E-state index in [1.54, 1.807) is 22.2 Å². The fourth-order valence-corrected chi connectivity index (χ4v) is 5.04. The van der Waals surface area contributed by atoms with E-state index in [2.05, 4.69) is 68.1 Å². The molecular weight excluding hydrogens is 420 g/mol. The third-order valence-corrected chi connectivity index (χ3v) is 7.11. The number of carbonyl (C=O) groups excluding carboxylic acids is 1. The molecule has 1 N–H and O–H groups in total. The molecule has 5 rings (SSSR count). The highest BCUT2D eigenvalue weighted by molar-refractivity contribution is 7.10. The van der Waals surface area contributed by atoms with Crippen molar-refractivity contribution >= 4 is 28.7 Å². The van der Waals surface area contributed by atoms with Gasteiger partial charge >= 0.3 is 0 Å². The van der Waals surface area contributed by atoms with Gasteiger partial charge in [-0.25, -0.2) is 0 Å².